The van der Waals surface area contributed by atoms with Crippen molar-refractivity contribution in [2.45, 2.75) is 31.2 Å². The fraction of sp³-hybridized carbons (Fsp3) is 0.571. The molecule has 0 aromatic heterocycles. The molecule has 18 heavy (non-hydrogen) atoms. The first-order valence-corrected chi connectivity index (χ1v) is 7.81. The van der Waals surface area contributed by atoms with Crippen LogP contribution < -0.4 is 10.2 Å². The Hall–Kier alpha value is -0.250. The van der Waals surface area contributed by atoms with E-state index in [9.17, 15) is 0 Å². The Morgan fingerprint density at radius 2 is 2.06 bits per heavy atom. The Kier molecular flexibility index (Phi) is 3.57. The van der Waals surface area contributed by atoms with Crippen LogP contribution in [0.2, 0.25) is 5.02 Å². The molecule has 1 N–H and O–H groups in total. The standard InChI is InChI=1S/C14H18BrClN2/c15-12-4-3-11(9-13(12)16)18-8-7-17-14(10-18)5-1-2-6-14/h3-4,9,17H,1-2,5-8,10H2. The molecular formula is C14H18BrClN2. The summed E-state index contributed by atoms with van der Waals surface area (Å²) >= 11 is 9.65. The van der Waals surface area contributed by atoms with Gasteiger partial charge in [0.1, 0.15) is 0 Å². The van der Waals surface area contributed by atoms with Crippen molar-refractivity contribution in [3.05, 3.63) is 27.7 Å². The van der Waals surface area contributed by atoms with Crippen LogP contribution in [0.15, 0.2) is 22.7 Å². The Morgan fingerprint density at radius 1 is 1.28 bits per heavy atom. The van der Waals surface area contributed by atoms with E-state index in [2.05, 4.69) is 38.3 Å². The molecule has 4 heteroatoms. The summed E-state index contributed by atoms with van der Waals surface area (Å²) in [5.74, 6) is 0. The smallest absolute Gasteiger partial charge is 0.0568 e. The van der Waals surface area contributed by atoms with Gasteiger partial charge in [-0.15, -0.1) is 0 Å². The topological polar surface area (TPSA) is 15.3 Å². The van der Waals surface area contributed by atoms with Crippen LogP contribution in [0.5, 0.6) is 0 Å². The molecule has 1 saturated heterocycles. The predicted octanol–water partition coefficient (Wildman–Crippen LogP) is 3.82. The maximum Gasteiger partial charge on any atom is 0.0568 e. The summed E-state index contributed by atoms with van der Waals surface area (Å²) in [5.41, 5.74) is 1.61. The van der Waals surface area contributed by atoms with Gasteiger partial charge in [-0.25, -0.2) is 0 Å². The van der Waals surface area contributed by atoms with E-state index in [-0.39, 0.29) is 0 Å². The van der Waals surface area contributed by atoms with Gasteiger partial charge in [-0.05, 0) is 47.0 Å². The predicted molar refractivity (Wildman–Crippen MR) is 80.6 cm³/mol. The van der Waals surface area contributed by atoms with E-state index in [0.29, 0.717) is 5.54 Å². The minimum absolute atomic E-state index is 0.359. The van der Waals surface area contributed by atoms with E-state index >= 15 is 0 Å². The average molecular weight is 330 g/mol. The molecule has 1 aliphatic heterocycles. The fourth-order valence-electron chi connectivity index (χ4n) is 3.25. The molecule has 2 aliphatic rings. The minimum Gasteiger partial charge on any atom is -0.368 e. The van der Waals surface area contributed by atoms with Crippen molar-refractivity contribution in [1.82, 2.24) is 5.32 Å². The first-order chi connectivity index (χ1) is 8.69. The zero-order chi connectivity index (χ0) is 12.6. The van der Waals surface area contributed by atoms with Crippen LogP contribution in [-0.2, 0) is 0 Å². The molecule has 1 spiro atoms. The highest BCUT2D eigenvalue weighted by molar-refractivity contribution is 9.10. The zero-order valence-electron chi connectivity index (χ0n) is 10.4. The maximum absolute atomic E-state index is 6.20. The third-order valence-electron chi connectivity index (χ3n) is 4.20. The molecule has 0 amide bonds. The summed E-state index contributed by atoms with van der Waals surface area (Å²) in [5, 5.41) is 4.53. The molecule has 1 aliphatic carbocycles. The van der Waals surface area contributed by atoms with Crippen molar-refractivity contribution >= 4 is 33.2 Å². The van der Waals surface area contributed by atoms with Gasteiger partial charge in [-0.2, -0.15) is 0 Å². The van der Waals surface area contributed by atoms with E-state index in [0.717, 1.165) is 29.1 Å². The molecule has 1 aromatic carbocycles. The van der Waals surface area contributed by atoms with Crippen LogP contribution in [0, 0.1) is 0 Å². The summed E-state index contributed by atoms with van der Waals surface area (Å²) in [6.07, 6.45) is 5.35. The fourth-order valence-corrected chi connectivity index (χ4v) is 3.67. The zero-order valence-corrected chi connectivity index (χ0v) is 12.7. The van der Waals surface area contributed by atoms with E-state index in [4.69, 9.17) is 11.6 Å². The van der Waals surface area contributed by atoms with Crippen molar-refractivity contribution in [3.63, 3.8) is 0 Å². The number of hydrogen-bond donors (Lipinski definition) is 1. The Labute approximate surface area is 122 Å². The van der Waals surface area contributed by atoms with Gasteiger partial charge in [0.15, 0.2) is 0 Å². The maximum atomic E-state index is 6.20. The molecule has 2 fully saturated rings. The molecule has 1 saturated carbocycles. The first kappa shape index (κ1) is 12.8. The number of nitrogens with zero attached hydrogens (tertiary/aromatic N) is 1. The number of hydrogen-bond acceptors (Lipinski definition) is 2. The number of rotatable bonds is 1. The molecule has 1 heterocycles. The van der Waals surface area contributed by atoms with Crippen molar-refractivity contribution in [1.29, 1.82) is 0 Å². The Morgan fingerprint density at radius 3 is 2.78 bits per heavy atom. The molecule has 2 nitrogen and oxygen atoms in total. The molecule has 98 valence electrons. The second-order valence-electron chi connectivity index (χ2n) is 5.43. The second-order valence-corrected chi connectivity index (χ2v) is 6.70. The molecule has 0 atom stereocenters. The lowest BCUT2D eigenvalue weighted by molar-refractivity contribution is 0.304. The number of halogens is 2. The molecule has 0 bridgehead atoms. The van der Waals surface area contributed by atoms with E-state index in [1.165, 1.54) is 31.4 Å². The summed E-state index contributed by atoms with van der Waals surface area (Å²) in [7, 11) is 0. The second kappa shape index (κ2) is 5.03. The van der Waals surface area contributed by atoms with Crippen molar-refractivity contribution in [2.75, 3.05) is 24.5 Å². The molecule has 1 aromatic rings. The van der Waals surface area contributed by atoms with Gasteiger partial charge in [0.05, 0.1) is 5.02 Å². The lowest BCUT2D eigenvalue weighted by Crippen LogP contribution is -2.59. The van der Waals surface area contributed by atoms with Gasteiger partial charge in [-0.3, -0.25) is 0 Å². The van der Waals surface area contributed by atoms with Gasteiger partial charge in [0.2, 0.25) is 0 Å². The largest absolute Gasteiger partial charge is 0.368 e. The Balaban J connectivity index is 1.81. The number of nitrogens with one attached hydrogen (secondary N) is 1. The van der Waals surface area contributed by atoms with E-state index < -0.39 is 0 Å². The van der Waals surface area contributed by atoms with Gasteiger partial charge >= 0.3 is 0 Å². The van der Waals surface area contributed by atoms with Gasteiger partial charge < -0.3 is 10.2 Å². The monoisotopic (exact) mass is 328 g/mol. The van der Waals surface area contributed by atoms with Crippen LogP contribution >= 0.6 is 27.5 Å². The highest BCUT2D eigenvalue weighted by Crippen LogP contribution is 2.35. The number of anilines is 1. The molecule has 0 radical (unpaired) electrons. The van der Waals surface area contributed by atoms with Crippen LogP contribution in [0.3, 0.4) is 0 Å². The van der Waals surface area contributed by atoms with Crippen LogP contribution in [0.1, 0.15) is 25.7 Å². The summed E-state index contributed by atoms with van der Waals surface area (Å²) in [6.45, 7) is 3.26. The third kappa shape index (κ3) is 2.40. The first-order valence-electron chi connectivity index (χ1n) is 6.64. The quantitative estimate of drug-likeness (QED) is 0.842. The third-order valence-corrected chi connectivity index (χ3v) is 5.44. The van der Waals surface area contributed by atoms with Crippen LogP contribution in [-0.4, -0.2) is 25.2 Å². The van der Waals surface area contributed by atoms with Gasteiger partial charge in [0, 0.05) is 35.3 Å². The van der Waals surface area contributed by atoms with Crippen LogP contribution in [0.4, 0.5) is 5.69 Å². The molecule has 3 rings (SSSR count). The average Bonchev–Trinajstić information content (AvgIpc) is 2.81. The molecular weight excluding hydrogens is 312 g/mol. The number of benzene rings is 1. The van der Waals surface area contributed by atoms with Crippen molar-refractivity contribution in [2.24, 2.45) is 0 Å². The molecule has 0 unspecified atom stereocenters. The van der Waals surface area contributed by atoms with Gasteiger partial charge in [0.25, 0.3) is 0 Å². The highest BCUT2D eigenvalue weighted by atomic mass is 79.9. The Bertz CT molecular complexity index is 443. The van der Waals surface area contributed by atoms with Crippen molar-refractivity contribution < 1.29 is 0 Å². The van der Waals surface area contributed by atoms with Crippen LogP contribution in [0.25, 0.3) is 0 Å². The van der Waals surface area contributed by atoms with Gasteiger partial charge in [-0.1, -0.05) is 24.4 Å². The summed E-state index contributed by atoms with van der Waals surface area (Å²) in [4.78, 5) is 2.47. The van der Waals surface area contributed by atoms with Crippen molar-refractivity contribution in [3.8, 4) is 0 Å². The SMILES string of the molecule is Clc1cc(N2CCNC3(CCCC3)C2)ccc1Br. The lowest BCUT2D eigenvalue weighted by Gasteiger charge is -2.42. The summed E-state index contributed by atoms with van der Waals surface area (Å²) < 4.78 is 0.971. The highest BCUT2D eigenvalue weighted by Gasteiger charge is 2.37. The normalized spacial score (nSPS) is 22.7. The lowest BCUT2D eigenvalue weighted by atomic mass is 9.94. The van der Waals surface area contributed by atoms with E-state index in [1.54, 1.807) is 0 Å². The summed E-state index contributed by atoms with van der Waals surface area (Å²) in [6, 6.07) is 6.27. The van der Waals surface area contributed by atoms with E-state index in [1.807, 2.05) is 6.07 Å². The number of piperazine rings is 1. The minimum atomic E-state index is 0.359.